The number of carbonyl (C=O) groups is 1. The van der Waals surface area contributed by atoms with Crippen LogP contribution in [0.25, 0.3) is 0 Å². The summed E-state index contributed by atoms with van der Waals surface area (Å²) >= 11 is 3.17. The van der Waals surface area contributed by atoms with Gasteiger partial charge in [-0.2, -0.15) is 13.2 Å². The Kier molecular flexibility index (Phi) is 4.63. The van der Waals surface area contributed by atoms with Gasteiger partial charge in [-0.1, -0.05) is 0 Å². The summed E-state index contributed by atoms with van der Waals surface area (Å²) in [5, 5.41) is 3.23. The van der Waals surface area contributed by atoms with E-state index >= 15 is 0 Å². The van der Waals surface area contributed by atoms with E-state index in [-0.39, 0.29) is 23.6 Å². The molecular weight excluding hydrogens is 349 g/mol. The number of hydrogen-bond acceptors (Lipinski definition) is 2. The van der Waals surface area contributed by atoms with Crippen LogP contribution in [-0.4, -0.2) is 36.0 Å². The van der Waals surface area contributed by atoms with E-state index in [1.54, 1.807) is 4.90 Å². The van der Waals surface area contributed by atoms with E-state index in [9.17, 15) is 18.0 Å². The molecule has 0 bridgehead atoms. The van der Waals surface area contributed by atoms with Crippen molar-refractivity contribution in [1.82, 2.24) is 10.2 Å². The second-order valence-corrected chi connectivity index (χ2v) is 6.16. The second kappa shape index (κ2) is 5.96. The molecule has 1 aliphatic heterocycles. The number of rotatable bonds is 1. The molecule has 1 amide bonds. The van der Waals surface area contributed by atoms with Crippen LogP contribution in [-0.2, 0) is 6.18 Å². The molecule has 1 fully saturated rings. The Morgan fingerprint density at radius 1 is 1.38 bits per heavy atom. The van der Waals surface area contributed by atoms with E-state index < -0.39 is 11.7 Å². The lowest BCUT2D eigenvalue weighted by Gasteiger charge is -2.37. The number of benzene rings is 1. The summed E-state index contributed by atoms with van der Waals surface area (Å²) in [6.07, 6.45) is -4.46. The highest BCUT2D eigenvalue weighted by molar-refractivity contribution is 9.10. The molecule has 1 saturated heterocycles. The van der Waals surface area contributed by atoms with Gasteiger partial charge in [0.2, 0.25) is 0 Å². The van der Waals surface area contributed by atoms with Gasteiger partial charge in [0.1, 0.15) is 0 Å². The predicted octanol–water partition coefficient (Wildman–Crippen LogP) is 3.29. The van der Waals surface area contributed by atoms with Gasteiger partial charge in [0.05, 0.1) is 11.1 Å². The highest BCUT2D eigenvalue weighted by atomic mass is 79.9. The first-order chi connectivity index (χ1) is 9.70. The summed E-state index contributed by atoms with van der Waals surface area (Å²) in [5.41, 5.74) is -0.768. The van der Waals surface area contributed by atoms with Crippen LogP contribution >= 0.6 is 15.9 Å². The lowest BCUT2D eigenvalue weighted by Crippen LogP contribution is -2.56. The molecule has 1 heterocycles. The maximum Gasteiger partial charge on any atom is 0.416 e. The second-order valence-electron chi connectivity index (χ2n) is 5.31. The smallest absolute Gasteiger partial charge is 0.333 e. The summed E-state index contributed by atoms with van der Waals surface area (Å²) in [5.74, 6) is -0.381. The number of nitrogens with zero attached hydrogens (tertiary/aromatic N) is 1. The van der Waals surface area contributed by atoms with Crippen molar-refractivity contribution in [3.8, 4) is 0 Å². The predicted molar refractivity (Wildman–Crippen MR) is 77.1 cm³/mol. The normalized spacial score (nSPS) is 23.2. The van der Waals surface area contributed by atoms with Crippen LogP contribution < -0.4 is 5.32 Å². The summed E-state index contributed by atoms with van der Waals surface area (Å²) in [7, 11) is 0. The number of carbonyl (C=O) groups excluding carboxylic acids is 1. The maximum atomic E-state index is 12.8. The molecular formula is C14H16BrF3N2O. The molecule has 0 aromatic heterocycles. The first kappa shape index (κ1) is 16.3. The van der Waals surface area contributed by atoms with Gasteiger partial charge in [-0.3, -0.25) is 4.79 Å². The number of nitrogens with one attached hydrogen (secondary N) is 1. The average Bonchev–Trinajstić information content (AvgIpc) is 2.40. The third-order valence-corrected chi connectivity index (χ3v) is 4.24. The minimum atomic E-state index is -4.46. The number of amides is 1. The summed E-state index contributed by atoms with van der Waals surface area (Å²) in [6.45, 7) is 4.91. The number of hydrogen-bond donors (Lipinski definition) is 1. The Hall–Kier alpha value is -1.08. The van der Waals surface area contributed by atoms with Crippen LogP contribution in [0.5, 0.6) is 0 Å². The monoisotopic (exact) mass is 364 g/mol. The molecule has 0 aliphatic carbocycles. The molecule has 0 spiro atoms. The van der Waals surface area contributed by atoms with Crippen LogP contribution in [0, 0.1) is 0 Å². The number of piperazine rings is 1. The van der Waals surface area contributed by atoms with E-state index in [1.807, 2.05) is 13.8 Å². The van der Waals surface area contributed by atoms with E-state index in [4.69, 9.17) is 0 Å². The molecule has 2 rings (SSSR count). The fourth-order valence-corrected chi connectivity index (χ4v) is 2.74. The lowest BCUT2D eigenvalue weighted by atomic mass is 10.1. The molecule has 21 heavy (non-hydrogen) atoms. The molecule has 1 aromatic carbocycles. The van der Waals surface area contributed by atoms with Crippen molar-refractivity contribution in [2.45, 2.75) is 32.1 Å². The minimum absolute atomic E-state index is 0.0470. The van der Waals surface area contributed by atoms with Crippen LogP contribution in [0.4, 0.5) is 13.2 Å². The maximum absolute atomic E-state index is 12.8. The first-order valence-corrected chi connectivity index (χ1v) is 7.40. The zero-order valence-electron chi connectivity index (χ0n) is 11.7. The van der Waals surface area contributed by atoms with Crippen molar-refractivity contribution in [3.05, 3.63) is 33.8 Å². The van der Waals surface area contributed by atoms with E-state index in [1.165, 1.54) is 6.07 Å². The minimum Gasteiger partial charge on any atom is -0.333 e. The Labute approximate surface area is 129 Å². The molecule has 1 N–H and O–H groups in total. The van der Waals surface area contributed by atoms with Gasteiger partial charge >= 0.3 is 6.18 Å². The van der Waals surface area contributed by atoms with Crippen molar-refractivity contribution in [3.63, 3.8) is 0 Å². The molecule has 1 aliphatic rings. The molecule has 7 heteroatoms. The zero-order valence-corrected chi connectivity index (χ0v) is 13.3. The molecule has 2 atom stereocenters. The summed E-state index contributed by atoms with van der Waals surface area (Å²) < 4.78 is 38.8. The molecule has 116 valence electrons. The van der Waals surface area contributed by atoms with Gasteiger partial charge in [0, 0.05) is 29.6 Å². The van der Waals surface area contributed by atoms with Crippen molar-refractivity contribution < 1.29 is 18.0 Å². The highest BCUT2D eigenvalue weighted by Crippen LogP contribution is 2.32. The fourth-order valence-electron chi connectivity index (χ4n) is 2.32. The zero-order chi connectivity index (χ0) is 15.8. The Balaban J connectivity index is 2.34. The highest BCUT2D eigenvalue weighted by Gasteiger charge is 2.33. The van der Waals surface area contributed by atoms with Crippen molar-refractivity contribution in [2.24, 2.45) is 0 Å². The van der Waals surface area contributed by atoms with Gasteiger partial charge < -0.3 is 10.2 Å². The molecule has 2 unspecified atom stereocenters. The van der Waals surface area contributed by atoms with E-state index in [0.717, 1.165) is 12.1 Å². The van der Waals surface area contributed by atoms with Crippen LogP contribution in [0.1, 0.15) is 29.8 Å². The fraction of sp³-hybridized carbons (Fsp3) is 0.500. The Morgan fingerprint density at radius 3 is 2.67 bits per heavy atom. The van der Waals surface area contributed by atoms with Crippen LogP contribution in [0.2, 0.25) is 0 Å². The van der Waals surface area contributed by atoms with Gasteiger partial charge in [-0.05, 0) is 48.0 Å². The molecule has 3 nitrogen and oxygen atoms in total. The SMILES string of the molecule is CC1CN(C(=O)c2cc(C(F)(F)F)ccc2Br)C(C)CN1. The quantitative estimate of drug-likeness (QED) is 0.829. The number of alkyl halides is 3. The number of halogens is 4. The third kappa shape index (κ3) is 3.58. The van der Waals surface area contributed by atoms with Gasteiger partial charge in [-0.15, -0.1) is 0 Å². The average molecular weight is 365 g/mol. The van der Waals surface area contributed by atoms with E-state index in [0.29, 0.717) is 17.6 Å². The largest absolute Gasteiger partial charge is 0.416 e. The molecule has 0 saturated carbocycles. The van der Waals surface area contributed by atoms with Crippen molar-refractivity contribution >= 4 is 21.8 Å². The van der Waals surface area contributed by atoms with E-state index in [2.05, 4.69) is 21.2 Å². The molecule has 0 radical (unpaired) electrons. The topological polar surface area (TPSA) is 32.3 Å². The lowest BCUT2D eigenvalue weighted by molar-refractivity contribution is -0.137. The van der Waals surface area contributed by atoms with Crippen LogP contribution in [0.3, 0.4) is 0 Å². The van der Waals surface area contributed by atoms with Crippen molar-refractivity contribution in [1.29, 1.82) is 0 Å². The van der Waals surface area contributed by atoms with Gasteiger partial charge in [0.15, 0.2) is 0 Å². The standard InChI is InChI=1S/C14H16BrF3N2O/c1-8-7-20(9(2)6-19-8)13(21)11-5-10(14(16,17)18)3-4-12(11)15/h3-5,8-9,19H,6-7H2,1-2H3. The van der Waals surface area contributed by atoms with Gasteiger partial charge in [0.25, 0.3) is 5.91 Å². The first-order valence-electron chi connectivity index (χ1n) is 6.61. The van der Waals surface area contributed by atoms with Gasteiger partial charge in [-0.25, -0.2) is 0 Å². The summed E-state index contributed by atoms with van der Waals surface area (Å²) in [6, 6.07) is 3.20. The Bertz CT molecular complexity index is 548. The van der Waals surface area contributed by atoms with Crippen LogP contribution in [0.15, 0.2) is 22.7 Å². The molecule has 1 aromatic rings. The third-order valence-electron chi connectivity index (χ3n) is 3.55. The van der Waals surface area contributed by atoms with Crippen molar-refractivity contribution in [2.75, 3.05) is 13.1 Å². The Morgan fingerprint density at radius 2 is 2.05 bits per heavy atom. The summed E-state index contributed by atoms with van der Waals surface area (Å²) in [4.78, 5) is 14.2.